The highest BCUT2D eigenvalue weighted by molar-refractivity contribution is 6.31. The van der Waals surface area contributed by atoms with Gasteiger partial charge < -0.3 is 9.13 Å². The van der Waals surface area contributed by atoms with Gasteiger partial charge in [0.05, 0.1) is 17.2 Å². The van der Waals surface area contributed by atoms with Gasteiger partial charge in [-0.25, -0.2) is 10.4 Å². The number of hydrogen-bond acceptors (Lipinski definition) is 3. The van der Waals surface area contributed by atoms with Crippen LogP contribution in [0.25, 0.3) is 16.7 Å². The summed E-state index contributed by atoms with van der Waals surface area (Å²) in [7, 11) is 1.97. The normalized spacial score (nSPS) is 11.6. The van der Waals surface area contributed by atoms with Crippen LogP contribution in [0.3, 0.4) is 0 Å². The Kier molecular flexibility index (Phi) is 4.69. The summed E-state index contributed by atoms with van der Waals surface area (Å²) >= 11 is 6.32. The molecular weight excluding hydrogens is 370 g/mol. The van der Waals surface area contributed by atoms with Gasteiger partial charge in [-0.2, -0.15) is 5.10 Å². The smallest absolute Gasteiger partial charge is 0.224 e. The minimum absolute atomic E-state index is 0.705. The Morgan fingerprint density at radius 1 is 1.07 bits per heavy atom. The van der Waals surface area contributed by atoms with Gasteiger partial charge >= 0.3 is 0 Å². The molecule has 0 saturated carbocycles. The lowest BCUT2D eigenvalue weighted by atomic mass is 10.2. The number of benzene rings is 2. The Hall–Kier alpha value is -3.05. The highest BCUT2D eigenvalue weighted by Gasteiger charge is 2.11. The van der Waals surface area contributed by atoms with Gasteiger partial charge in [0.15, 0.2) is 0 Å². The molecular formula is C22H22ClN5. The topological polar surface area (TPSA) is 47.1 Å². The van der Waals surface area contributed by atoms with Crippen LogP contribution in [0.2, 0.25) is 5.02 Å². The monoisotopic (exact) mass is 391 g/mol. The summed E-state index contributed by atoms with van der Waals surface area (Å²) in [6, 6.07) is 16.2. The van der Waals surface area contributed by atoms with E-state index in [-0.39, 0.29) is 0 Å². The number of aromatic nitrogens is 3. The predicted molar refractivity (Wildman–Crippen MR) is 117 cm³/mol. The number of anilines is 1. The zero-order chi connectivity index (χ0) is 19.8. The Morgan fingerprint density at radius 3 is 2.61 bits per heavy atom. The van der Waals surface area contributed by atoms with E-state index in [2.05, 4.69) is 46.1 Å². The average molecular weight is 392 g/mol. The van der Waals surface area contributed by atoms with Crippen molar-refractivity contribution in [1.82, 2.24) is 14.1 Å². The van der Waals surface area contributed by atoms with Crippen LogP contribution < -0.4 is 5.43 Å². The average Bonchev–Trinajstić information content (AvgIpc) is 3.14. The van der Waals surface area contributed by atoms with Crippen molar-refractivity contribution in [3.05, 3.63) is 76.1 Å². The largest absolute Gasteiger partial charge is 0.318 e. The first-order chi connectivity index (χ1) is 13.5. The number of imidazole rings is 1. The molecule has 1 N–H and O–H groups in total. The van der Waals surface area contributed by atoms with E-state index in [4.69, 9.17) is 11.6 Å². The van der Waals surface area contributed by atoms with Crippen molar-refractivity contribution in [2.45, 2.75) is 20.8 Å². The molecule has 2 aromatic heterocycles. The Morgan fingerprint density at radius 2 is 1.86 bits per heavy atom. The van der Waals surface area contributed by atoms with Crippen LogP contribution in [0, 0.1) is 20.8 Å². The first-order valence-electron chi connectivity index (χ1n) is 9.11. The van der Waals surface area contributed by atoms with E-state index in [0.29, 0.717) is 5.95 Å². The number of nitrogens with one attached hydrogen (secondary N) is 1. The van der Waals surface area contributed by atoms with Crippen molar-refractivity contribution in [2.24, 2.45) is 12.1 Å². The van der Waals surface area contributed by atoms with Gasteiger partial charge in [-0.1, -0.05) is 29.8 Å². The van der Waals surface area contributed by atoms with Crippen LogP contribution in [0.4, 0.5) is 5.95 Å². The third-order valence-corrected chi connectivity index (χ3v) is 5.45. The maximum atomic E-state index is 6.32. The van der Waals surface area contributed by atoms with Crippen LogP contribution in [-0.4, -0.2) is 20.3 Å². The first-order valence-corrected chi connectivity index (χ1v) is 9.49. The van der Waals surface area contributed by atoms with Gasteiger partial charge in [-0.3, -0.25) is 0 Å². The highest BCUT2D eigenvalue weighted by Crippen LogP contribution is 2.24. The first kappa shape index (κ1) is 18.3. The van der Waals surface area contributed by atoms with Crippen LogP contribution >= 0.6 is 11.6 Å². The second-order valence-electron chi connectivity index (χ2n) is 6.95. The highest BCUT2D eigenvalue weighted by atomic mass is 35.5. The summed E-state index contributed by atoms with van der Waals surface area (Å²) < 4.78 is 4.17. The quantitative estimate of drug-likeness (QED) is 0.374. The maximum Gasteiger partial charge on any atom is 0.224 e. The van der Waals surface area contributed by atoms with Gasteiger partial charge in [-0.15, -0.1) is 0 Å². The van der Waals surface area contributed by atoms with E-state index in [9.17, 15) is 0 Å². The lowest BCUT2D eigenvalue weighted by Crippen LogP contribution is -2.01. The second-order valence-corrected chi connectivity index (χ2v) is 7.36. The fourth-order valence-electron chi connectivity index (χ4n) is 3.44. The summed E-state index contributed by atoms with van der Waals surface area (Å²) in [5, 5.41) is 5.18. The van der Waals surface area contributed by atoms with Crippen LogP contribution in [-0.2, 0) is 7.05 Å². The zero-order valence-corrected chi connectivity index (χ0v) is 17.1. The van der Waals surface area contributed by atoms with Crippen molar-refractivity contribution >= 4 is 34.8 Å². The lowest BCUT2D eigenvalue weighted by Gasteiger charge is -2.11. The number of hydrazone groups is 1. The summed E-state index contributed by atoms with van der Waals surface area (Å²) in [5.74, 6) is 0.705. The molecule has 28 heavy (non-hydrogen) atoms. The number of rotatable bonds is 4. The number of para-hydroxylation sites is 2. The number of nitrogens with zero attached hydrogens (tertiary/aromatic N) is 4. The molecule has 0 aliphatic heterocycles. The third kappa shape index (κ3) is 3.18. The van der Waals surface area contributed by atoms with Crippen LogP contribution in [0.1, 0.15) is 22.5 Å². The van der Waals surface area contributed by atoms with E-state index in [0.717, 1.165) is 44.3 Å². The summed E-state index contributed by atoms with van der Waals surface area (Å²) in [6.07, 6.45) is 1.83. The second kappa shape index (κ2) is 7.17. The fraction of sp³-hybridized carbons (Fsp3) is 0.182. The lowest BCUT2D eigenvalue weighted by molar-refractivity contribution is 0.943. The van der Waals surface area contributed by atoms with E-state index in [1.807, 2.05) is 61.2 Å². The third-order valence-electron chi connectivity index (χ3n) is 5.04. The molecule has 2 heterocycles. The van der Waals surface area contributed by atoms with Crippen LogP contribution in [0.5, 0.6) is 0 Å². The van der Waals surface area contributed by atoms with Gasteiger partial charge in [0.2, 0.25) is 5.95 Å². The van der Waals surface area contributed by atoms with Crippen molar-refractivity contribution in [3.8, 4) is 5.69 Å². The van der Waals surface area contributed by atoms with Crippen molar-refractivity contribution in [1.29, 1.82) is 0 Å². The Labute approximate surface area is 169 Å². The molecule has 5 nitrogen and oxygen atoms in total. The maximum absolute atomic E-state index is 6.32. The minimum atomic E-state index is 0.705. The molecule has 0 unspecified atom stereocenters. The number of halogens is 1. The molecule has 0 atom stereocenters. The van der Waals surface area contributed by atoms with Crippen molar-refractivity contribution < 1.29 is 0 Å². The molecule has 0 aliphatic rings. The van der Waals surface area contributed by atoms with Gasteiger partial charge in [0.1, 0.15) is 0 Å². The van der Waals surface area contributed by atoms with E-state index in [1.54, 1.807) is 0 Å². The molecule has 2 aromatic carbocycles. The molecule has 4 rings (SSSR count). The number of aryl methyl sites for hydroxylation is 3. The van der Waals surface area contributed by atoms with E-state index >= 15 is 0 Å². The Bertz CT molecular complexity index is 1200. The predicted octanol–water partition coefficient (Wildman–Crippen LogP) is 5.39. The summed E-state index contributed by atoms with van der Waals surface area (Å²) in [4.78, 5) is 4.57. The standard InChI is InChI=1S/C22H22ClN5/c1-14-9-10-18(12-19(14)23)28-15(2)11-17(16(28)3)13-24-26-22-25-20-7-5-6-8-21(20)27(22)4/h5-13H,1-4H3,(H,25,26)/b24-13-. The molecule has 0 saturated heterocycles. The SMILES string of the molecule is Cc1ccc(-n2c(C)cc(/C=N\Nc3nc4ccccc4n3C)c2C)cc1Cl. The minimum Gasteiger partial charge on any atom is -0.318 e. The Balaban J connectivity index is 1.61. The van der Waals surface area contributed by atoms with Gasteiger partial charge in [0.25, 0.3) is 0 Å². The van der Waals surface area contributed by atoms with Gasteiger partial charge in [0, 0.05) is 34.7 Å². The molecule has 0 radical (unpaired) electrons. The summed E-state index contributed by atoms with van der Waals surface area (Å²) in [6.45, 7) is 6.17. The molecule has 0 spiro atoms. The zero-order valence-electron chi connectivity index (χ0n) is 16.4. The molecule has 4 aromatic rings. The molecule has 0 amide bonds. The summed E-state index contributed by atoms with van der Waals surface area (Å²) in [5.41, 5.74) is 10.5. The van der Waals surface area contributed by atoms with Crippen molar-refractivity contribution in [2.75, 3.05) is 5.43 Å². The number of hydrogen-bond donors (Lipinski definition) is 1. The van der Waals surface area contributed by atoms with Crippen LogP contribution in [0.15, 0.2) is 53.6 Å². The van der Waals surface area contributed by atoms with Crippen molar-refractivity contribution in [3.63, 3.8) is 0 Å². The van der Waals surface area contributed by atoms with E-state index < -0.39 is 0 Å². The molecule has 6 heteroatoms. The molecule has 0 aliphatic carbocycles. The molecule has 0 fully saturated rings. The molecule has 0 bridgehead atoms. The fourth-order valence-corrected chi connectivity index (χ4v) is 3.62. The van der Waals surface area contributed by atoms with E-state index in [1.165, 1.54) is 0 Å². The molecule has 142 valence electrons. The number of fused-ring (bicyclic) bond motifs is 1. The van der Waals surface area contributed by atoms with Gasteiger partial charge in [-0.05, 0) is 56.7 Å².